The second-order valence-electron chi connectivity index (χ2n) is 8.07. The van der Waals surface area contributed by atoms with Crippen LogP contribution in [0, 0.1) is 11.3 Å². The summed E-state index contributed by atoms with van der Waals surface area (Å²) in [6.45, 7) is 0.244. The second kappa shape index (κ2) is 10.4. The van der Waals surface area contributed by atoms with Gasteiger partial charge in [0.05, 0.1) is 23.8 Å². The zero-order valence-corrected chi connectivity index (χ0v) is 17.9. The summed E-state index contributed by atoms with van der Waals surface area (Å²) in [7, 11) is 0. The van der Waals surface area contributed by atoms with E-state index in [4.69, 9.17) is 15.1 Å². The molecule has 1 fully saturated rings. The number of piperidine rings is 1. The van der Waals surface area contributed by atoms with Crippen molar-refractivity contribution in [1.29, 1.82) is 5.26 Å². The number of alkyl halides is 5. The van der Waals surface area contributed by atoms with Gasteiger partial charge in [-0.25, -0.2) is 8.78 Å². The van der Waals surface area contributed by atoms with Gasteiger partial charge in [0.1, 0.15) is 5.75 Å². The van der Waals surface area contributed by atoms with Gasteiger partial charge in [0, 0.05) is 38.2 Å². The quantitative estimate of drug-likeness (QED) is 0.502. The Labute approximate surface area is 189 Å². The van der Waals surface area contributed by atoms with Gasteiger partial charge in [-0.05, 0) is 48.6 Å². The molecule has 0 atom stereocenters. The molecule has 1 saturated heterocycles. The lowest BCUT2D eigenvalue weighted by Gasteiger charge is -2.34. The first kappa shape index (κ1) is 24.8. The Morgan fingerprint density at radius 1 is 1.03 bits per heavy atom. The number of rotatable bonds is 8. The standard InChI is InChI=1S/C24H25F5N2O2/c25-23(26,9-13-32)10-14-33-22-4-2-1-3-20(22)17-7-11-31(12-8-17)19-6-5-18(16-30)21(15-19)24(27,28)29/h1-6,15,17,32H,7-14H2. The molecule has 0 aromatic heterocycles. The molecule has 0 radical (unpaired) electrons. The molecule has 178 valence electrons. The fourth-order valence-corrected chi connectivity index (χ4v) is 4.06. The van der Waals surface area contributed by atoms with Crippen molar-refractivity contribution in [2.45, 2.75) is 43.7 Å². The summed E-state index contributed by atoms with van der Waals surface area (Å²) in [6, 6.07) is 12.5. The third kappa shape index (κ3) is 6.35. The minimum absolute atomic E-state index is 0.0795. The molecule has 9 heteroatoms. The monoisotopic (exact) mass is 468 g/mol. The summed E-state index contributed by atoms with van der Waals surface area (Å²) in [5, 5.41) is 17.7. The van der Waals surface area contributed by atoms with Crippen LogP contribution in [0.5, 0.6) is 5.75 Å². The number of hydrogen-bond acceptors (Lipinski definition) is 4. The van der Waals surface area contributed by atoms with E-state index < -0.39 is 42.7 Å². The van der Waals surface area contributed by atoms with Gasteiger partial charge in [-0.15, -0.1) is 0 Å². The first-order valence-electron chi connectivity index (χ1n) is 10.7. The van der Waals surface area contributed by atoms with Crippen LogP contribution in [-0.4, -0.2) is 37.3 Å². The molecule has 2 aromatic rings. The van der Waals surface area contributed by atoms with Gasteiger partial charge in [0.25, 0.3) is 5.92 Å². The number of nitrogens with zero attached hydrogens (tertiary/aromatic N) is 2. The smallest absolute Gasteiger partial charge is 0.417 e. The van der Waals surface area contributed by atoms with Crippen LogP contribution in [0.1, 0.15) is 48.3 Å². The van der Waals surface area contributed by atoms with Crippen LogP contribution >= 0.6 is 0 Å². The predicted molar refractivity (Wildman–Crippen MR) is 114 cm³/mol. The number of ether oxygens (including phenoxy) is 1. The fourth-order valence-electron chi connectivity index (χ4n) is 4.06. The average Bonchev–Trinajstić information content (AvgIpc) is 2.78. The van der Waals surface area contributed by atoms with Crippen molar-refractivity contribution < 1.29 is 31.8 Å². The summed E-state index contributed by atoms with van der Waals surface area (Å²) in [5.41, 5.74) is -0.0491. The minimum atomic E-state index is -4.61. The molecule has 1 aliphatic rings. The van der Waals surface area contributed by atoms with Gasteiger partial charge < -0.3 is 14.7 Å². The van der Waals surface area contributed by atoms with E-state index in [-0.39, 0.29) is 12.5 Å². The third-order valence-corrected chi connectivity index (χ3v) is 5.85. The normalized spacial score (nSPS) is 15.4. The van der Waals surface area contributed by atoms with Crippen molar-refractivity contribution in [2.24, 2.45) is 0 Å². The van der Waals surface area contributed by atoms with Crippen LogP contribution in [0.4, 0.5) is 27.6 Å². The zero-order chi connectivity index (χ0) is 24.1. The minimum Gasteiger partial charge on any atom is -0.493 e. The van der Waals surface area contributed by atoms with E-state index in [1.807, 2.05) is 17.0 Å². The summed E-state index contributed by atoms with van der Waals surface area (Å²) in [4.78, 5) is 1.85. The topological polar surface area (TPSA) is 56.5 Å². The molecule has 0 saturated carbocycles. The number of anilines is 1. The first-order valence-corrected chi connectivity index (χ1v) is 10.7. The lowest BCUT2D eigenvalue weighted by molar-refractivity contribution is -0.137. The summed E-state index contributed by atoms with van der Waals surface area (Å²) in [5.74, 6) is -2.39. The number of aliphatic hydroxyl groups excluding tert-OH is 1. The van der Waals surface area contributed by atoms with Gasteiger partial charge >= 0.3 is 6.18 Å². The Hall–Kier alpha value is -2.86. The van der Waals surface area contributed by atoms with Crippen LogP contribution < -0.4 is 9.64 Å². The Kier molecular flexibility index (Phi) is 7.80. The fraction of sp³-hybridized carbons (Fsp3) is 0.458. The van der Waals surface area contributed by atoms with Gasteiger partial charge in [-0.1, -0.05) is 18.2 Å². The summed E-state index contributed by atoms with van der Waals surface area (Å²) in [6.07, 6.45) is -4.41. The predicted octanol–water partition coefficient (Wildman–Crippen LogP) is 5.75. The van der Waals surface area contributed by atoms with Crippen LogP contribution in [0.25, 0.3) is 0 Å². The molecule has 1 N–H and O–H groups in total. The van der Waals surface area contributed by atoms with Gasteiger partial charge in [0.2, 0.25) is 0 Å². The third-order valence-electron chi connectivity index (χ3n) is 5.85. The van der Waals surface area contributed by atoms with Crippen LogP contribution in [-0.2, 0) is 6.18 Å². The van der Waals surface area contributed by atoms with Crippen LogP contribution in [0.2, 0.25) is 0 Å². The van der Waals surface area contributed by atoms with E-state index in [0.717, 1.165) is 11.6 Å². The highest BCUT2D eigenvalue weighted by Gasteiger charge is 2.35. The van der Waals surface area contributed by atoms with E-state index in [1.165, 1.54) is 12.1 Å². The maximum atomic E-state index is 13.6. The average molecular weight is 468 g/mol. The van der Waals surface area contributed by atoms with Crippen molar-refractivity contribution in [2.75, 3.05) is 31.2 Å². The highest BCUT2D eigenvalue weighted by Crippen LogP contribution is 2.38. The molecular formula is C24H25F5N2O2. The van der Waals surface area contributed by atoms with E-state index in [1.54, 1.807) is 18.2 Å². The van der Waals surface area contributed by atoms with Crippen molar-refractivity contribution >= 4 is 5.69 Å². The van der Waals surface area contributed by atoms with Crippen LogP contribution in [0.3, 0.4) is 0 Å². The van der Waals surface area contributed by atoms with Gasteiger partial charge in [-0.2, -0.15) is 18.4 Å². The lowest BCUT2D eigenvalue weighted by Crippen LogP contribution is -2.33. The Morgan fingerprint density at radius 2 is 1.73 bits per heavy atom. The Balaban J connectivity index is 1.66. The summed E-state index contributed by atoms with van der Waals surface area (Å²) < 4.78 is 72.7. The summed E-state index contributed by atoms with van der Waals surface area (Å²) >= 11 is 0. The SMILES string of the molecule is N#Cc1ccc(N2CCC(c3ccccc3OCCC(F)(F)CCO)CC2)cc1C(F)(F)F. The molecule has 0 bridgehead atoms. The molecule has 0 unspecified atom stereocenters. The van der Waals surface area contributed by atoms with Crippen LogP contribution in [0.15, 0.2) is 42.5 Å². The lowest BCUT2D eigenvalue weighted by atomic mass is 9.88. The maximum Gasteiger partial charge on any atom is 0.417 e. The van der Waals surface area contributed by atoms with E-state index in [2.05, 4.69) is 0 Å². The Morgan fingerprint density at radius 3 is 2.36 bits per heavy atom. The van der Waals surface area contributed by atoms with Crippen molar-refractivity contribution in [3.8, 4) is 11.8 Å². The molecular weight excluding hydrogens is 443 g/mol. The largest absolute Gasteiger partial charge is 0.493 e. The molecule has 33 heavy (non-hydrogen) atoms. The first-order chi connectivity index (χ1) is 15.6. The molecule has 0 amide bonds. The number of halogens is 5. The van der Waals surface area contributed by atoms with E-state index in [9.17, 15) is 22.0 Å². The zero-order valence-electron chi connectivity index (χ0n) is 17.9. The molecule has 1 aliphatic heterocycles. The highest BCUT2D eigenvalue weighted by atomic mass is 19.4. The second-order valence-corrected chi connectivity index (χ2v) is 8.07. The number of aliphatic hydroxyl groups is 1. The number of benzene rings is 2. The van der Waals surface area contributed by atoms with Crippen molar-refractivity contribution in [1.82, 2.24) is 0 Å². The van der Waals surface area contributed by atoms with E-state index >= 15 is 0 Å². The number of para-hydroxylation sites is 1. The highest BCUT2D eigenvalue weighted by molar-refractivity contribution is 5.55. The molecule has 4 nitrogen and oxygen atoms in total. The molecule has 1 heterocycles. The molecule has 2 aromatic carbocycles. The molecule has 0 spiro atoms. The number of hydrogen-bond donors (Lipinski definition) is 1. The van der Waals surface area contributed by atoms with Crippen molar-refractivity contribution in [3.63, 3.8) is 0 Å². The molecule has 3 rings (SSSR count). The maximum absolute atomic E-state index is 13.6. The number of nitriles is 1. The van der Waals surface area contributed by atoms with Gasteiger partial charge in [0.15, 0.2) is 0 Å². The van der Waals surface area contributed by atoms with Gasteiger partial charge in [-0.3, -0.25) is 0 Å². The van der Waals surface area contributed by atoms with Crippen molar-refractivity contribution in [3.05, 3.63) is 59.2 Å². The Bertz CT molecular complexity index is 980. The van der Waals surface area contributed by atoms with E-state index in [0.29, 0.717) is 37.4 Å². The molecule has 0 aliphatic carbocycles.